The third-order valence-corrected chi connectivity index (χ3v) is 4.32. The van der Waals surface area contributed by atoms with Gasteiger partial charge < -0.3 is 4.74 Å². The van der Waals surface area contributed by atoms with Crippen molar-refractivity contribution in [3.8, 4) is 0 Å². The normalized spacial score (nSPS) is 25.1. The van der Waals surface area contributed by atoms with Crippen LogP contribution in [0.2, 0.25) is 0 Å². The first-order chi connectivity index (χ1) is 8.84. The van der Waals surface area contributed by atoms with Crippen LogP contribution in [-0.4, -0.2) is 18.9 Å². The van der Waals surface area contributed by atoms with Gasteiger partial charge in [0, 0.05) is 10.8 Å². The van der Waals surface area contributed by atoms with Crippen molar-refractivity contribution in [2.75, 3.05) is 7.11 Å². The van der Waals surface area contributed by atoms with Crippen LogP contribution in [-0.2, 0) is 19.7 Å². The van der Waals surface area contributed by atoms with E-state index in [1.54, 1.807) is 6.08 Å². The quantitative estimate of drug-likeness (QED) is 0.605. The van der Waals surface area contributed by atoms with Gasteiger partial charge in [-0.2, -0.15) is 0 Å². The molecule has 0 aliphatic heterocycles. The van der Waals surface area contributed by atoms with E-state index in [1.807, 2.05) is 51.1 Å². The third kappa shape index (κ3) is 1.81. The molecule has 0 N–H and O–H groups in total. The summed E-state index contributed by atoms with van der Waals surface area (Å²) < 4.78 is 4.70. The summed E-state index contributed by atoms with van der Waals surface area (Å²) in [5.41, 5.74) is -0.00155. The highest BCUT2D eigenvalue weighted by Gasteiger charge is 2.53. The lowest BCUT2D eigenvalue weighted by Crippen LogP contribution is -2.39. The predicted molar refractivity (Wildman–Crippen MR) is 72.7 cm³/mol. The number of Topliss-reactive ketones (excluding diaryl/α,β-unsaturated/α-hetero) is 1. The molecule has 0 unspecified atom stereocenters. The Morgan fingerprint density at radius 1 is 1.11 bits per heavy atom. The number of ketones is 1. The van der Waals surface area contributed by atoms with Crippen LogP contribution < -0.4 is 0 Å². The first kappa shape index (κ1) is 13.5. The van der Waals surface area contributed by atoms with E-state index in [1.165, 1.54) is 7.11 Å². The number of ether oxygens (including phenoxy) is 1. The zero-order valence-corrected chi connectivity index (χ0v) is 11.7. The Balaban J connectivity index is 2.59. The van der Waals surface area contributed by atoms with Crippen molar-refractivity contribution in [3.05, 3.63) is 47.5 Å². The highest BCUT2D eigenvalue weighted by molar-refractivity contribution is 6.22. The molecule has 2 rings (SSSR count). The number of hydrogen-bond donors (Lipinski definition) is 0. The molecule has 1 atom stereocenters. The van der Waals surface area contributed by atoms with Gasteiger partial charge in [0.05, 0.1) is 7.11 Å². The average molecular weight is 258 g/mol. The highest BCUT2D eigenvalue weighted by Crippen LogP contribution is 2.50. The van der Waals surface area contributed by atoms with E-state index in [0.29, 0.717) is 0 Å². The van der Waals surface area contributed by atoms with Crippen molar-refractivity contribution in [1.82, 2.24) is 0 Å². The third-order valence-electron chi connectivity index (χ3n) is 4.32. The molecule has 0 heterocycles. The number of carbonyl (C=O) groups excluding carboxylic acids is 2. The lowest BCUT2D eigenvalue weighted by Gasteiger charge is -2.36. The second kappa shape index (κ2) is 4.34. The summed E-state index contributed by atoms with van der Waals surface area (Å²) in [5, 5.41) is 0. The molecule has 0 saturated carbocycles. The van der Waals surface area contributed by atoms with Crippen molar-refractivity contribution in [3.63, 3.8) is 0 Å². The minimum absolute atomic E-state index is 0.152. The second-order valence-electron chi connectivity index (χ2n) is 5.57. The fraction of sp³-hybridized carbons (Fsp3) is 0.375. The fourth-order valence-corrected chi connectivity index (χ4v) is 2.60. The van der Waals surface area contributed by atoms with Gasteiger partial charge in [-0.15, -0.1) is 0 Å². The van der Waals surface area contributed by atoms with E-state index in [2.05, 4.69) is 0 Å². The van der Waals surface area contributed by atoms with Crippen LogP contribution in [0.25, 0.3) is 0 Å². The minimum Gasteiger partial charge on any atom is -0.465 e. The van der Waals surface area contributed by atoms with Crippen LogP contribution in [0.4, 0.5) is 0 Å². The van der Waals surface area contributed by atoms with E-state index >= 15 is 0 Å². The Morgan fingerprint density at radius 2 is 1.68 bits per heavy atom. The zero-order chi connectivity index (χ0) is 14.3. The van der Waals surface area contributed by atoms with E-state index in [4.69, 9.17) is 4.74 Å². The lowest BCUT2D eigenvalue weighted by atomic mass is 9.65. The number of rotatable bonds is 2. The van der Waals surface area contributed by atoms with Crippen molar-refractivity contribution < 1.29 is 14.3 Å². The number of hydrogen-bond acceptors (Lipinski definition) is 3. The van der Waals surface area contributed by atoms with Crippen LogP contribution in [0.5, 0.6) is 0 Å². The molecule has 1 aliphatic rings. The van der Waals surface area contributed by atoms with Crippen LogP contribution in [0, 0.1) is 5.41 Å². The summed E-state index contributed by atoms with van der Waals surface area (Å²) in [6, 6.07) is 9.76. The van der Waals surface area contributed by atoms with Gasteiger partial charge in [0.25, 0.3) is 0 Å². The highest BCUT2D eigenvalue weighted by atomic mass is 16.5. The molecule has 0 radical (unpaired) electrons. The number of carbonyl (C=O) groups is 2. The molecule has 1 aliphatic carbocycles. The standard InChI is InChI=1S/C16H18O3/c1-15(2)13(17)12(14(18)19-4)10-16(15,3)11-8-6-5-7-9-11/h5-10H,1-4H3/t16-/m1/s1. The maximum absolute atomic E-state index is 12.4. The summed E-state index contributed by atoms with van der Waals surface area (Å²) in [6.07, 6.45) is 1.75. The lowest BCUT2D eigenvalue weighted by molar-refractivity contribution is -0.138. The number of esters is 1. The topological polar surface area (TPSA) is 43.4 Å². The summed E-state index contributed by atoms with van der Waals surface area (Å²) in [5.74, 6) is -0.719. The molecule has 1 aromatic carbocycles. The molecule has 0 aromatic heterocycles. The summed E-state index contributed by atoms with van der Waals surface area (Å²) >= 11 is 0. The fourth-order valence-electron chi connectivity index (χ4n) is 2.60. The molecule has 0 fully saturated rings. The summed E-state index contributed by atoms with van der Waals surface area (Å²) in [4.78, 5) is 24.2. The summed E-state index contributed by atoms with van der Waals surface area (Å²) in [6.45, 7) is 5.72. The molecular weight excluding hydrogens is 240 g/mol. The number of methoxy groups -OCH3 is 1. The Hall–Kier alpha value is -1.90. The zero-order valence-electron chi connectivity index (χ0n) is 11.7. The largest absolute Gasteiger partial charge is 0.465 e. The Labute approximate surface area is 113 Å². The van der Waals surface area contributed by atoms with Gasteiger partial charge in [0.15, 0.2) is 5.78 Å². The summed E-state index contributed by atoms with van der Waals surface area (Å²) in [7, 11) is 1.29. The maximum Gasteiger partial charge on any atom is 0.341 e. The molecule has 3 nitrogen and oxygen atoms in total. The van der Waals surface area contributed by atoms with Crippen molar-refractivity contribution in [1.29, 1.82) is 0 Å². The van der Waals surface area contributed by atoms with E-state index in [-0.39, 0.29) is 11.4 Å². The second-order valence-corrected chi connectivity index (χ2v) is 5.57. The van der Waals surface area contributed by atoms with Crippen molar-refractivity contribution in [2.24, 2.45) is 5.41 Å². The van der Waals surface area contributed by atoms with Gasteiger partial charge in [-0.3, -0.25) is 4.79 Å². The van der Waals surface area contributed by atoms with Gasteiger partial charge in [0.1, 0.15) is 5.57 Å². The molecule has 0 spiro atoms. The average Bonchev–Trinajstić information content (AvgIpc) is 2.60. The molecule has 3 heteroatoms. The van der Waals surface area contributed by atoms with Gasteiger partial charge in [0.2, 0.25) is 0 Å². The predicted octanol–water partition coefficient (Wildman–Crippen LogP) is 2.65. The molecular formula is C16H18O3. The maximum atomic E-state index is 12.4. The number of allylic oxidation sites excluding steroid dienone is 1. The van der Waals surface area contributed by atoms with E-state index < -0.39 is 16.8 Å². The Kier molecular flexibility index (Phi) is 3.09. The molecule has 19 heavy (non-hydrogen) atoms. The molecule has 1 aromatic rings. The first-order valence-corrected chi connectivity index (χ1v) is 6.26. The van der Waals surface area contributed by atoms with Gasteiger partial charge in [-0.05, 0) is 5.56 Å². The van der Waals surface area contributed by atoms with Crippen molar-refractivity contribution in [2.45, 2.75) is 26.2 Å². The number of benzene rings is 1. The van der Waals surface area contributed by atoms with Gasteiger partial charge in [-0.25, -0.2) is 4.79 Å². The van der Waals surface area contributed by atoms with Crippen LogP contribution >= 0.6 is 0 Å². The van der Waals surface area contributed by atoms with Crippen LogP contribution in [0.3, 0.4) is 0 Å². The van der Waals surface area contributed by atoms with Gasteiger partial charge >= 0.3 is 5.97 Å². The monoisotopic (exact) mass is 258 g/mol. The smallest absolute Gasteiger partial charge is 0.341 e. The molecule has 100 valence electrons. The first-order valence-electron chi connectivity index (χ1n) is 6.26. The molecule has 0 saturated heterocycles. The van der Waals surface area contributed by atoms with Crippen LogP contribution in [0.1, 0.15) is 26.3 Å². The Bertz CT molecular complexity index is 555. The molecule has 0 amide bonds. The van der Waals surface area contributed by atoms with E-state index in [0.717, 1.165) is 5.56 Å². The minimum atomic E-state index is -0.669. The van der Waals surface area contributed by atoms with Crippen LogP contribution in [0.15, 0.2) is 42.0 Å². The van der Waals surface area contributed by atoms with Gasteiger partial charge in [-0.1, -0.05) is 57.2 Å². The van der Waals surface area contributed by atoms with E-state index in [9.17, 15) is 9.59 Å². The SMILES string of the molecule is COC(=O)C1=C[C@](C)(c2ccccc2)C(C)(C)C1=O. The Morgan fingerprint density at radius 3 is 2.21 bits per heavy atom. The van der Waals surface area contributed by atoms with Crippen molar-refractivity contribution >= 4 is 11.8 Å². The molecule has 0 bridgehead atoms.